The fourth-order valence-electron chi connectivity index (χ4n) is 5.19. The second kappa shape index (κ2) is 11.7. The summed E-state index contributed by atoms with van der Waals surface area (Å²) < 4.78 is 12.0. The zero-order valence-corrected chi connectivity index (χ0v) is 22.2. The van der Waals surface area contributed by atoms with Gasteiger partial charge in [-0.05, 0) is 55.7 Å². The van der Waals surface area contributed by atoms with Crippen molar-refractivity contribution in [3.05, 3.63) is 112 Å². The van der Waals surface area contributed by atoms with Crippen molar-refractivity contribution in [2.75, 3.05) is 12.0 Å². The Kier molecular flexibility index (Phi) is 7.70. The number of nitriles is 2. The van der Waals surface area contributed by atoms with Crippen LogP contribution in [-0.2, 0) is 11.4 Å². The molecule has 5 rings (SSSR count). The van der Waals surface area contributed by atoms with Gasteiger partial charge in [0, 0.05) is 23.3 Å². The summed E-state index contributed by atoms with van der Waals surface area (Å²) in [5.41, 5.74) is 14.4. The lowest BCUT2D eigenvalue weighted by atomic mass is 9.76. The molecule has 0 spiro atoms. The normalized spacial score (nSPS) is 16.6. The number of hydrazine groups is 1. The standard InChI is InChI=1S/C32H29N5O3/c1-2-39-29-17-21(15-16-28(29)40-20-23-10-7-6-9-22(23)18-33)30-25(19-34)32(35)37(36-24-11-4-3-5-12-24)26-13-8-14-27(38)31(26)30/h3-7,9-12,15-17,30,36H,2,8,13-14,20,35H2,1H3/t30-/m0/s1. The van der Waals surface area contributed by atoms with E-state index >= 15 is 0 Å². The van der Waals surface area contributed by atoms with Crippen LogP contribution in [0.5, 0.6) is 11.5 Å². The van der Waals surface area contributed by atoms with Crippen LogP contribution in [0.15, 0.2) is 95.5 Å². The molecular formula is C32H29N5O3. The highest BCUT2D eigenvalue weighted by Gasteiger charge is 2.40. The van der Waals surface area contributed by atoms with Crippen molar-refractivity contribution in [3.8, 4) is 23.6 Å². The van der Waals surface area contributed by atoms with Crippen molar-refractivity contribution in [1.29, 1.82) is 10.5 Å². The van der Waals surface area contributed by atoms with Gasteiger partial charge in [0.2, 0.25) is 0 Å². The van der Waals surface area contributed by atoms with E-state index in [2.05, 4.69) is 17.6 Å². The Morgan fingerprint density at radius 2 is 1.75 bits per heavy atom. The molecule has 3 aromatic rings. The van der Waals surface area contributed by atoms with Crippen molar-refractivity contribution in [1.82, 2.24) is 5.01 Å². The number of ether oxygens (including phenoxy) is 2. The van der Waals surface area contributed by atoms with Crippen LogP contribution in [0.1, 0.15) is 48.8 Å². The third-order valence-corrected chi connectivity index (χ3v) is 7.05. The molecule has 0 fully saturated rings. The maximum absolute atomic E-state index is 13.4. The van der Waals surface area contributed by atoms with E-state index in [0.717, 1.165) is 22.5 Å². The molecule has 1 aliphatic heterocycles. The predicted octanol–water partition coefficient (Wildman–Crippen LogP) is 5.66. The SMILES string of the molecule is CCOc1cc([C@H]2C(C#N)=C(N)N(Nc3ccccc3)C3=C2C(=O)CCC3)ccc1OCc1ccccc1C#N. The van der Waals surface area contributed by atoms with Gasteiger partial charge in [-0.15, -0.1) is 0 Å². The molecule has 200 valence electrons. The lowest BCUT2D eigenvalue weighted by molar-refractivity contribution is -0.116. The number of Topliss-reactive ketones (excluding diaryl/α,β-unsaturated/α-hetero) is 1. The third-order valence-electron chi connectivity index (χ3n) is 7.05. The zero-order chi connectivity index (χ0) is 28.1. The predicted molar refractivity (Wildman–Crippen MR) is 150 cm³/mol. The number of nitrogens with zero attached hydrogens (tertiary/aromatic N) is 3. The molecule has 1 aliphatic carbocycles. The summed E-state index contributed by atoms with van der Waals surface area (Å²) >= 11 is 0. The number of para-hydroxylation sites is 1. The molecule has 0 bridgehead atoms. The highest BCUT2D eigenvalue weighted by Crippen LogP contribution is 2.46. The van der Waals surface area contributed by atoms with Crippen molar-refractivity contribution >= 4 is 11.5 Å². The zero-order valence-electron chi connectivity index (χ0n) is 22.2. The molecule has 0 saturated carbocycles. The van der Waals surface area contributed by atoms with E-state index in [1.165, 1.54) is 0 Å². The average Bonchev–Trinajstić information content (AvgIpc) is 2.98. The molecular weight excluding hydrogens is 502 g/mol. The Hall–Kier alpha value is -5.21. The second-order valence-corrected chi connectivity index (χ2v) is 9.49. The first-order valence-corrected chi connectivity index (χ1v) is 13.2. The van der Waals surface area contributed by atoms with Gasteiger partial charge in [-0.25, -0.2) is 5.01 Å². The highest BCUT2D eigenvalue weighted by atomic mass is 16.5. The lowest BCUT2D eigenvalue weighted by Gasteiger charge is -2.39. The van der Waals surface area contributed by atoms with Gasteiger partial charge < -0.3 is 15.2 Å². The van der Waals surface area contributed by atoms with E-state index in [-0.39, 0.29) is 23.8 Å². The topological polar surface area (TPSA) is 124 Å². The second-order valence-electron chi connectivity index (χ2n) is 9.49. The fraction of sp³-hybridized carbons (Fsp3) is 0.219. The van der Waals surface area contributed by atoms with Crippen molar-refractivity contribution in [2.24, 2.45) is 5.73 Å². The van der Waals surface area contributed by atoms with E-state index in [1.54, 1.807) is 17.1 Å². The van der Waals surface area contributed by atoms with E-state index in [1.807, 2.05) is 67.6 Å². The molecule has 8 nitrogen and oxygen atoms in total. The largest absolute Gasteiger partial charge is 0.490 e. The van der Waals surface area contributed by atoms with E-state index in [4.69, 9.17) is 15.2 Å². The molecule has 0 amide bonds. The van der Waals surface area contributed by atoms with Gasteiger partial charge in [-0.3, -0.25) is 10.2 Å². The molecule has 2 aliphatic rings. The first-order valence-electron chi connectivity index (χ1n) is 13.2. The van der Waals surface area contributed by atoms with Crippen LogP contribution in [-0.4, -0.2) is 17.4 Å². The Morgan fingerprint density at radius 1 is 0.975 bits per heavy atom. The van der Waals surface area contributed by atoms with Crippen LogP contribution in [0, 0.1) is 22.7 Å². The molecule has 40 heavy (non-hydrogen) atoms. The number of hydrogen-bond donors (Lipinski definition) is 2. The first kappa shape index (κ1) is 26.4. The summed E-state index contributed by atoms with van der Waals surface area (Å²) in [5, 5.41) is 21.4. The molecule has 1 heterocycles. The summed E-state index contributed by atoms with van der Waals surface area (Å²) in [6.07, 6.45) is 1.76. The molecule has 3 N–H and O–H groups in total. The van der Waals surface area contributed by atoms with Gasteiger partial charge in [0.05, 0.1) is 41.5 Å². The minimum Gasteiger partial charge on any atom is -0.490 e. The van der Waals surface area contributed by atoms with E-state index in [0.29, 0.717) is 48.5 Å². The molecule has 0 radical (unpaired) electrons. The van der Waals surface area contributed by atoms with E-state index < -0.39 is 5.92 Å². The minimum atomic E-state index is -0.630. The van der Waals surface area contributed by atoms with Gasteiger partial charge >= 0.3 is 0 Å². The van der Waals surface area contributed by atoms with Crippen LogP contribution in [0.2, 0.25) is 0 Å². The summed E-state index contributed by atoms with van der Waals surface area (Å²) in [7, 11) is 0. The van der Waals surface area contributed by atoms with E-state index in [9.17, 15) is 15.3 Å². The quantitative estimate of drug-likeness (QED) is 0.381. The highest BCUT2D eigenvalue weighted by molar-refractivity contribution is 6.00. The number of rotatable bonds is 8. The number of hydrogen-bond acceptors (Lipinski definition) is 8. The molecule has 1 atom stereocenters. The fourth-order valence-corrected chi connectivity index (χ4v) is 5.19. The Balaban J connectivity index is 1.54. The van der Waals surface area contributed by atoms with Gasteiger partial charge in [-0.1, -0.05) is 42.5 Å². The molecule has 0 aromatic heterocycles. The van der Waals surface area contributed by atoms with Gasteiger partial charge in [-0.2, -0.15) is 10.5 Å². The molecule has 0 unspecified atom stereocenters. The van der Waals surface area contributed by atoms with Crippen LogP contribution in [0.25, 0.3) is 0 Å². The Bertz CT molecular complexity index is 1580. The number of nitrogens with two attached hydrogens (primary N) is 1. The summed E-state index contributed by atoms with van der Waals surface area (Å²) in [6.45, 7) is 2.46. The maximum atomic E-state index is 13.4. The molecule has 0 saturated heterocycles. The number of carbonyl (C=O) groups is 1. The average molecular weight is 532 g/mol. The Labute approximate surface area is 233 Å². The van der Waals surface area contributed by atoms with Crippen LogP contribution in [0.3, 0.4) is 0 Å². The van der Waals surface area contributed by atoms with Gasteiger partial charge in [0.15, 0.2) is 17.3 Å². The lowest BCUT2D eigenvalue weighted by Crippen LogP contribution is -2.41. The third kappa shape index (κ3) is 5.08. The summed E-state index contributed by atoms with van der Waals surface area (Å²) in [5.74, 6) is 0.616. The number of benzene rings is 3. The van der Waals surface area contributed by atoms with Gasteiger partial charge in [0.25, 0.3) is 0 Å². The van der Waals surface area contributed by atoms with Crippen molar-refractivity contribution in [3.63, 3.8) is 0 Å². The number of anilines is 1. The number of ketones is 1. The summed E-state index contributed by atoms with van der Waals surface area (Å²) in [4.78, 5) is 13.4. The number of nitrogens with one attached hydrogen (secondary N) is 1. The number of allylic oxidation sites excluding steroid dienone is 3. The van der Waals surface area contributed by atoms with Crippen LogP contribution in [0.4, 0.5) is 5.69 Å². The monoisotopic (exact) mass is 531 g/mol. The summed E-state index contributed by atoms with van der Waals surface area (Å²) in [6, 6.07) is 26.7. The maximum Gasteiger partial charge on any atom is 0.161 e. The van der Waals surface area contributed by atoms with Crippen molar-refractivity contribution in [2.45, 2.75) is 38.7 Å². The van der Waals surface area contributed by atoms with Crippen LogP contribution >= 0.6 is 0 Å². The van der Waals surface area contributed by atoms with Crippen molar-refractivity contribution < 1.29 is 14.3 Å². The molecule has 8 heteroatoms. The van der Waals surface area contributed by atoms with Gasteiger partial charge in [0.1, 0.15) is 12.4 Å². The number of carbonyl (C=O) groups excluding carboxylic acids is 1. The minimum absolute atomic E-state index is 0.00208. The first-order chi connectivity index (χ1) is 19.5. The Morgan fingerprint density at radius 3 is 2.50 bits per heavy atom. The van der Waals surface area contributed by atoms with Crippen LogP contribution < -0.4 is 20.6 Å². The molecule has 3 aromatic carbocycles. The smallest absolute Gasteiger partial charge is 0.161 e.